The Morgan fingerprint density at radius 3 is 2.54 bits per heavy atom. The molecule has 1 heterocycles. The largest absolute Gasteiger partial charge is 0.352 e. The minimum atomic E-state index is -0.0695. The van der Waals surface area contributed by atoms with E-state index in [-0.39, 0.29) is 5.91 Å². The fraction of sp³-hybridized carbons (Fsp3) is 0.333. The maximum atomic E-state index is 11.1. The Morgan fingerprint density at radius 2 is 1.88 bits per heavy atom. The number of rotatable bonds is 6. The molecule has 0 unspecified atom stereocenters. The van der Waals surface area contributed by atoms with Crippen LogP contribution in [-0.4, -0.2) is 18.9 Å². The molecule has 24 heavy (non-hydrogen) atoms. The smallest absolute Gasteiger partial charge is 0.221 e. The summed E-state index contributed by atoms with van der Waals surface area (Å²) >= 11 is 1.82. The van der Waals surface area contributed by atoms with Crippen LogP contribution >= 0.6 is 11.3 Å². The van der Waals surface area contributed by atoms with E-state index in [1.165, 1.54) is 16.7 Å². The first kappa shape index (κ1) is 18.0. The predicted molar refractivity (Wildman–Crippen MR) is 101 cm³/mol. The van der Waals surface area contributed by atoms with Crippen LogP contribution in [0.5, 0.6) is 0 Å². The van der Waals surface area contributed by atoms with E-state index in [9.17, 15) is 4.79 Å². The molecule has 2 aromatic rings. The topological polar surface area (TPSA) is 65.5 Å². The highest BCUT2D eigenvalue weighted by atomic mass is 32.1. The Labute approximate surface area is 147 Å². The van der Waals surface area contributed by atoms with Gasteiger partial charge in [-0.3, -0.25) is 9.79 Å². The molecule has 0 aliphatic rings. The molecule has 0 radical (unpaired) electrons. The molecule has 1 amide bonds. The van der Waals surface area contributed by atoms with Gasteiger partial charge in [-0.15, -0.1) is 11.3 Å². The van der Waals surface area contributed by atoms with Gasteiger partial charge >= 0.3 is 0 Å². The van der Waals surface area contributed by atoms with Crippen molar-refractivity contribution in [3.05, 3.63) is 51.7 Å². The molecule has 128 valence electrons. The zero-order valence-electron chi connectivity index (χ0n) is 14.3. The quantitative estimate of drug-likeness (QED) is 0.557. The molecule has 0 spiro atoms. The highest BCUT2D eigenvalue weighted by Gasteiger charge is 2.03. The van der Waals surface area contributed by atoms with Crippen molar-refractivity contribution in [3.8, 4) is 0 Å². The predicted octanol–water partition coefficient (Wildman–Crippen LogP) is 3.13. The van der Waals surface area contributed by atoms with Crippen LogP contribution in [-0.2, 0) is 24.3 Å². The molecule has 0 aliphatic heterocycles. The van der Waals surface area contributed by atoms with E-state index in [1.54, 1.807) is 7.05 Å². The summed E-state index contributed by atoms with van der Waals surface area (Å²) in [5.41, 5.74) is 1.88. The number of thiophene rings is 1. The van der Waals surface area contributed by atoms with Crippen LogP contribution in [0.15, 0.2) is 41.4 Å². The standard InChI is InChI=1S/C18H24N4OS/c1-4-16-8-9-17(24-16)12-21-18(19-3)20-11-14-6-5-7-15(10-14)22-13(2)23/h5-10H,4,11-12H2,1-3H3,(H,22,23)(H2,19,20,21). The molecule has 0 saturated heterocycles. The van der Waals surface area contributed by atoms with Gasteiger partial charge in [0.25, 0.3) is 0 Å². The van der Waals surface area contributed by atoms with E-state index in [0.717, 1.165) is 30.2 Å². The number of nitrogens with one attached hydrogen (secondary N) is 3. The summed E-state index contributed by atoms with van der Waals surface area (Å²) in [6, 6.07) is 12.1. The van der Waals surface area contributed by atoms with Gasteiger partial charge < -0.3 is 16.0 Å². The van der Waals surface area contributed by atoms with E-state index in [1.807, 2.05) is 35.6 Å². The minimum absolute atomic E-state index is 0.0695. The SMILES string of the molecule is CCc1ccc(CNC(=NC)NCc2cccc(NC(C)=O)c2)s1. The third-order valence-electron chi connectivity index (χ3n) is 3.43. The lowest BCUT2D eigenvalue weighted by molar-refractivity contribution is -0.114. The summed E-state index contributed by atoms with van der Waals surface area (Å²) in [6.07, 6.45) is 1.07. The van der Waals surface area contributed by atoms with Crippen molar-refractivity contribution >= 4 is 28.9 Å². The van der Waals surface area contributed by atoms with Crippen LogP contribution in [0, 0.1) is 0 Å². The second kappa shape index (κ2) is 9.08. The number of carbonyl (C=O) groups is 1. The first-order chi connectivity index (χ1) is 11.6. The molecule has 0 fully saturated rings. The van der Waals surface area contributed by atoms with Gasteiger partial charge in [0.2, 0.25) is 5.91 Å². The van der Waals surface area contributed by atoms with Crippen molar-refractivity contribution < 1.29 is 4.79 Å². The Bertz CT molecular complexity index is 709. The lowest BCUT2D eigenvalue weighted by Gasteiger charge is -2.12. The van der Waals surface area contributed by atoms with E-state index in [0.29, 0.717) is 6.54 Å². The van der Waals surface area contributed by atoms with Crippen molar-refractivity contribution in [2.75, 3.05) is 12.4 Å². The molecule has 0 bridgehead atoms. The number of nitrogens with zero attached hydrogens (tertiary/aromatic N) is 1. The number of aryl methyl sites for hydroxylation is 1. The van der Waals surface area contributed by atoms with Crippen molar-refractivity contribution in [1.82, 2.24) is 10.6 Å². The Hall–Kier alpha value is -2.34. The molecule has 2 rings (SSSR count). The Morgan fingerprint density at radius 1 is 1.12 bits per heavy atom. The van der Waals surface area contributed by atoms with E-state index < -0.39 is 0 Å². The summed E-state index contributed by atoms with van der Waals surface area (Å²) in [6.45, 7) is 5.07. The fourth-order valence-corrected chi connectivity index (χ4v) is 3.14. The first-order valence-corrected chi connectivity index (χ1v) is 8.81. The maximum absolute atomic E-state index is 11.1. The number of carbonyl (C=O) groups excluding carboxylic acids is 1. The zero-order valence-corrected chi connectivity index (χ0v) is 15.2. The molecule has 0 saturated carbocycles. The van der Waals surface area contributed by atoms with Gasteiger partial charge in [0, 0.05) is 36.0 Å². The first-order valence-electron chi connectivity index (χ1n) is 7.99. The monoisotopic (exact) mass is 344 g/mol. The van der Waals surface area contributed by atoms with E-state index in [2.05, 4.69) is 40.0 Å². The van der Waals surface area contributed by atoms with Crippen LogP contribution in [0.2, 0.25) is 0 Å². The Balaban J connectivity index is 1.86. The van der Waals surface area contributed by atoms with Crippen LogP contribution in [0.1, 0.15) is 29.2 Å². The van der Waals surface area contributed by atoms with Gasteiger partial charge in [0.05, 0.1) is 6.54 Å². The van der Waals surface area contributed by atoms with Crippen molar-refractivity contribution in [1.29, 1.82) is 0 Å². The van der Waals surface area contributed by atoms with Crippen LogP contribution < -0.4 is 16.0 Å². The number of aliphatic imine (C=N–C) groups is 1. The van der Waals surface area contributed by atoms with Crippen LogP contribution in [0.25, 0.3) is 0 Å². The summed E-state index contributed by atoms with van der Waals surface area (Å²) < 4.78 is 0. The highest BCUT2D eigenvalue weighted by Crippen LogP contribution is 2.16. The van der Waals surface area contributed by atoms with Crippen molar-refractivity contribution in [2.45, 2.75) is 33.4 Å². The third kappa shape index (κ3) is 5.70. The summed E-state index contributed by atoms with van der Waals surface area (Å²) in [5.74, 6) is 0.686. The van der Waals surface area contributed by atoms with Gasteiger partial charge in [0.1, 0.15) is 0 Å². The third-order valence-corrected chi connectivity index (χ3v) is 4.66. The van der Waals surface area contributed by atoms with E-state index in [4.69, 9.17) is 0 Å². The van der Waals surface area contributed by atoms with Gasteiger partial charge in [-0.05, 0) is 36.2 Å². The molecule has 5 nitrogen and oxygen atoms in total. The number of amides is 1. The van der Waals surface area contributed by atoms with Crippen LogP contribution in [0.4, 0.5) is 5.69 Å². The van der Waals surface area contributed by atoms with Gasteiger partial charge in [-0.1, -0.05) is 19.1 Å². The second-order valence-corrected chi connectivity index (χ2v) is 6.64. The van der Waals surface area contributed by atoms with E-state index >= 15 is 0 Å². The van der Waals surface area contributed by atoms with Crippen LogP contribution in [0.3, 0.4) is 0 Å². The summed E-state index contributed by atoms with van der Waals surface area (Å²) in [4.78, 5) is 18.1. The molecule has 1 aromatic carbocycles. The lowest BCUT2D eigenvalue weighted by Crippen LogP contribution is -2.36. The normalized spacial score (nSPS) is 11.2. The number of benzene rings is 1. The second-order valence-electron chi connectivity index (χ2n) is 5.38. The lowest BCUT2D eigenvalue weighted by atomic mass is 10.2. The number of hydrogen-bond acceptors (Lipinski definition) is 3. The van der Waals surface area contributed by atoms with Crippen molar-refractivity contribution in [3.63, 3.8) is 0 Å². The highest BCUT2D eigenvalue weighted by molar-refractivity contribution is 7.11. The average Bonchev–Trinajstić information content (AvgIpc) is 3.03. The average molecular weight is 344 g/mol. The molecular weight excluding hydrogens is 320 g/mol. The molecular formula is C18H24N4OS. The Kier molecular flexibility index (Phi) is 6.81. The molecule has 3 N–H and O–H groups in total. The molecule has 1 aromatic heterocycles. The molecule has 6 heteroatoms. The number of hydrogen-bond donors (Lipinski definition) is 3. The minimum Gasteiger partial charge on any atom is -0.352 e. The number of guanidine groups is 1. The molecule has 0 aliphatic carbocycles. The molecule has 0 atom stereocenters. The van der Waals surface area contributed by atoms with Gasteiger partial charge in [-0.2, -0.15) is 0 Å². The zero-order chi connectivity index (χ0) is 17.4. The maximum Gasteiger partial charge on any atom is 0.221 e. The summed E-state index contributed by atoms with van der Waals surface area (Å²) in [5, 5.41) is 9.40. The fourth-order valence-electron chi connectivity index (χ4n) is 2.25. The van der Waals surface area contributed by atoms with Crippen molar-refractivity contribution in [2.24, 2.45) is 4.99 Å². The van der Waals surface area contributed by atoms with Gasteiger partial charge in [0.15, 0.2) is 5.96 Å². The van der Waals surface area contributed by atoms with Gasteiger partial charge in [-0.25, -0.2) is 0 Å². The summed E-state index contributed by atoms with van der Waals surface area (Å²) in [7, 11) is 1.76. The number of anilines is 1.